The highest BCUT2D eigenvalue weighted by Crippen LogP contribution is 2.27. The molecule has 1 unspecified atom stereocenters. The summed E-state index contributed by atoms with van der Waals surface area (Å²) in [5.41, 5.74) is 3.12. The van der Waals surface area contributed by atoms with Gasteiger partial charge in [-0.2, -0.15) is 0 Å². The molecule has 9 heteroatoms. The molecule has 0 saturated carbocycles. The van der Waals surface area contributed by atoms with Crippen molar-refractivity contribution in [3.05, 3.63) is 54.1 Å². The minimum Gasteiger partial charge on any atom is -0.478 e. The number of nitrogens with zero attached hydrogens (tertiary/aromatic N) is 1. The number of aromatic amines is 1. The molecule has 28 heavy (non-hydrogen) atoms. The normalized spacial score (nSPS) is 15.2. The Morgan fingerprint density at radius 3 is 2.54 bits per heavy atom. The van der Waals surface area contributed by atoms with E-state index >= 15 is 0 Å². The van der Waals surface area contributed by atoms with Gasteiger partial charge in [0.25, 0.3) is 0 Å². The van der Waals surface area contributed by atoms with E-state index in [0.29, 0.717) is 12.2 Å². The summed E-state index contributed by atoms with van der Waals surface area (Å²) >= 11 is 1.64. The van der Waals surface area contributed by atoms with Gasteiger partial charge in [-0.05, 0) is 31.2 Å². The Labute approximate surface area is 166 Å². The Morgan fingerprint density at radius 1 is 1.21 bits per heavy atom. The molecule has 2 aromatic rings. The number of carbonyl (C=O) groups is 3. The third kappa shape index (κ3) is 6.27. The van der Waals surface area contributed by atoms with E-state index in [9.17, 15) is 14.4 Å². The van der Waals surface area contributed by atoms with Gasteiger partial charge >= 0.3 is 11.9 Å². The smallest absolute Gasteiger partial charge is 0.328 e. The van der Waals surface area contributed by atoms with Gasteiger partial charge in [-0.25, -0.2) is 14.6 Å². The van der Waals surface area contributed by atoms with Crippen LogP contribution in [0.25, 0.3) is 0 Å². The number of anilines is 1. The van der Waals surface area contributed by atoms with Crippen molar-refractivity contribution in [3.63, 3.8) is 0 Å². The maximum atomic E-state index is 12.4. The second kappa shape index (κ2) is 10.3. The summed E-state index contributed by atoms with van der Waals surface area (Å²) < 4.78 is 0. The van der Waals surface area contributed by atoms with Crippen molar-refractivity contribution in [2.45, 2.75) is 24.2 Å². The maximum Gasteiger partial charge on any atom is 0.328 e. The van der Waals surface area contributed by atoms with E-state index in [2.05, 4.69) is 15.3 Å². The number of benzene rings is 1. The van der Waals surface area contributed by atoms with Crippen LogP contribution in [0.3, 0.4) is 0 Å². The van der Waals surface area contributed by atoms with Crippen LogP contribution < -0.4 is 5.32 Å². The number of amides is 1. The molecule has 1 atom stereocenters. The highest BCUT2D eigenvalue weighted by Gasteiger charge is 2.26. The van der Waals surface area contributed by atoms with Gasteiger partial charge in [0, 0.05) is 35.1 Å². The summed E-state index contributed by atoms with van der Waals surface area (Å²) in [7, 11) is 0. The number of hydrogen-bond donors (Lipinski definition) is 4. The lowest BCUT2D eigenvalue weighted by molar-refractivity contribution is -0.134. The number of aliphatic carboxylic acids is 2. The first kappa shape index (κ1) is 21.2. The van der Waals surface area contributed by atoms with Gasteiger partial charge in [-0.3, -0.25) is 4.79 Å². The minimum atomic E-state index is -1.26. The molecular formula is C19H21N3O5S. The molecule has 0 fully saturated rings. The molecule has 0 radical (unpaired) electrons. The van der Waals surface area contributed by atoms with Crippen molar-refractivity contribution < 1.29 is 24.6 Å². The summed E-state index contributed by atoms with van der Waals surface area (Å²) in [4.78, 5) is 40.0. The van der Waals surface area contributed by atoms with Crippen molar-refractivity contribution in [1.29, 1.82) is 0 Å². The molecule has 1 aromatic carbocycles. The largest absolute Gasteiger partial charge is 0.478 e. The zero-order chi connectivity index (χ0) is 20.5. The van der Waals surface area contributed by atoms with E-state index in [1.54, 1.807) is 18.1 Å². The lowest BCUT2D eigenvalue weighted by atomic mass is 9.89. The fourth-order valence-corrected chi connectivity index (χ4v) is 3.30. The average molecular weight is 403 g/mol. The number of carboxylic acid groups (broad SMARTS) is 2. The fourth-order valence-electron chi connectivity index (χ4n) is 2.75. The molecule has 1 aromatic heterocycles. The standard InChI is InChI=1S/C15H17N3OS.C4H4O4/c1-20-14-5-3-2-4-12(14)18-15(19)10-6-7-11-13(8-10)17-9-16-11;5-3(6)1-2-4(7)8/h2-5,9-10H,6-8H2,1H3,(H,16,17)(H,18,19);1-2H,(H,5,6)(H,7,8)/b;2-1+. The van der Waals surface area contributed by atoms with Crippen LogP contribution in [0, 0.1) is 5.92 Å². The minimum absolute atomic E-state index is 0.0258. The Hall–Kier alpha value is -3.07. The van der Waals surface area contributed by atoms with Crippen LogP contribution in [0.4, 0.5) is 5.69 Å². The quantitative estimate of drug-likeness (QED) is 0.445. The number of rotatable bonds is 5. The second-order valence-corrected chi connectivity index (χ2v) is 6.81. The molecule has 0 saturated heterocycles. The lowest BCUT2D eigenvalue weighted by Gasteiger charge is -2.21. The van der Waals surface area contributed by atoms with Crippen molar-refractivity contribution >= 4 is 35.3 Å². The predicted molar refractivity (Wildman–Crippen MR) is 105 cm³/mol. The number of thioether (sulfide) groups is 1. The van der Waals surface area contributed by atoms with E-state index in [1.807, 2.05) is 30.5 Å². The van der Waals surface area contributed by atoms with Crippen LogP contribution in [-0.4, -0.2) is 44.3 Å². The number of fused-ring (bicyclic) bond motifs is 1. The number of aryl methyl sites for hydroxylation is 1. The molecule has 1 amide bonds. The van der Waals surface area contributed by atoms with Crippen LogP contribution in [-0.2, 0) is 27.2 Å². The summed E-state index contributed by atoms with van der Waals surface area (Å²) in [6, 6.07) is 7.91. The van der Waals surface area contributed by atoms with Gasteiger partial charge in [0.1, 0.15) is 0 Å². The van der Waals surface area contributed by atoms with Gasteiger partial charge in [0.15, 0.2) is 0 Å². The SMILES string of the molecule is CSc1ccccc1NC(=O)C1CCc2nc[nH]c2C1.O=C(O)/C=C/C(=O)O. The van der Waals surface area contributed by atoms with Crippen LogP contribution in [0.15, 0.2) is 47.6 Å². The molecule has 1 heterocycles. The number of imidazole rings is 1. The molecule has 3 rings (SSSR count). The highest BCUT2D eigenvalue weighted by molar-refractivity contribution is 7.98. The first-order valence-corrected chi connectivity index (χ1v) is 9.72. The number of carboxylic acids is 2. The van der Waals surface area contributed by atoms with Gasteiger partial charge in [-0.15, -0.1) is 11.8 Å². The van der Waals surface area contributed by atoms with Crippen LogP contribution in [0.2, 0.25) is 0 Å². The maximum absolute atomic E-state index is 12.4. The van der Waals surface area contributed by atoms with Gasteiger partial charge in [0.05, 0.1) is 17.7 Å². The Bertz CT molecular complexity index is 862. The van der Waals surface area contributed by atoms with Crippen molar-refractivity contribution in [2.24, 2.45) is 5.92 Å². The molecule has 4 N–H and O–H groups in total. The third-order valence-corrected chi connectivity index (χ3v) is 4.89. The number of para-hydroxylation sites is 1. The summed E-state index contributed by atoms with van der Waals surface area (Å²) in [6.45, 7) is 0. The van der Waals surface area contributed by atoms with Gasteiger partial charge < -0.3 is 20.5 Å². The van der Waals surface area contributed by atoms with E-state index < -0.39 is 11.9 Å². The molecule has 8 nitrogen and oxygen atoms in total. The molecule has 1 aliphatic rings. The molecule has 1 aliphatic carbocycles. The zero-order valence-electron chi connectivity index (χ0n) is 15.2. The Balaban J connectivity index is 0.000000300. The van der Waals surface area contributed by atoms with E-state index in [4.69, 9.17) is 10.2 Å². The number of carbonyl (C=O) groups excluding carboxylic acids is 1. The monoisotopic (exact) mass is 403 g/mol. The summed E-state index contributed by atoms with van der Waals surface area (Å²) in [5.74, 6) is -2.38. The number of hydrogen-bond acceptors (Lipinski definition) is 5. The zero-order valence-corrected chi connectivity index (χ0v) is 16.0. The van der Waals surface area contributed by atoms with Crippen molar-refractivity contribution in [1.82, 2.24) is 9.97 Å². The van der Waals surface area contributed by atoms with Gasteiger partial charge in [0.2, 0.25) is 5.91 Å². The van der Waals surface area contributed by atoms with Crippen molar-refractivity contribution in [3.8, 4) is 0 Å². The Kier molecular flexibility index (Phi) is 7.82. The topological polar surface area (TPSA) is 132 Å². The number of H-pyrrole nitrogens is 1. The van der Waals surface area contributed by atoms with Crippen LogP contribution >= 0.6 is 11.8 Å². The van der Waals surface area contributed by atoms with Crippen molar-refractivity contribution in [2.75, 3.05) is 11.6 Å². The molecule has 0 spiro atoms. The van der Waals surface area contributed by atoms with Crippen LogP contribution in [0.5, 0.6) is 0 Å². The predicted octanol–water partition coefficient (Wildman–Crippen LogP) is 2.59. The van der Waals surface area contributed by atoms with Gasteiger partial charge in [-0.1, -0.05) is 12.1 Å². The second-order valence-electron chi connectivity index (χ2n) is 5.97. The average Bonchev–Trinajstić information content (AvgIpc) is 3.15. The fraction of sp³-hybridized carbons (Fsp3) is 0.263. The first-order chi connectivity index (χ1) is 13.4. The summed E-state index contributed by atoms with van der Waals surface area (Å²) in [5, 5.41) is 18.7. The molecule has 0 aliphatic heterocycles. The molecule has 0 bridgehead atoms. The number of aromatic nitrogens is 2. The third-order valence-electron chi connectivity index (χ3n) is 4.09. The van der Waals surface area contributed by atoms with E-state index in [-0.39, 0.29) is 11.8 Å². The molecular weight excluding hydrogens is 382 g/mol. The lowest BCUT2D eigenvalue weighted by Crippen LogP contribution is -2.28. The molecule has 148 valence electrons. The van der Waals surface area contributed by atoms with E-state index in [1.165, 1.54) is 0 Å². The van der Waals surface area contributed by atoms with Crippen LogP contribution in [0.1, 0.15) is 17.8 Å². The summed E-state index contributed by atoms with van der Waals surface area (Å²) in [6.07, 6.45) is 7.34. The van der Waals surface area contributed by atoms with E-state index in [0.717, 1.165) is 41.2 Å². The number of nitrogens with one attached hydrogen (secondary N) is 2. The highest BCUT2D eigenvalue weighted by atomic mass is 32.2. The first-order valence-electron chi connectivity index (χ1n) is 8.49. The Morgan fingerprint density at radius 2 is 1.89 bits per heavy atom.